The number of carbonyl (C=O) groups is 1. The third kappa shape index (κ3) is 3.11. The molecule has 4 aromatic heterocycles. The van der Waals surface area contributed by atoms with Crippen molar-refractivity contribution >= 4 is 11.7 Å². The van der Waals surface area contributed by atoms with E-state index in [1.165, 1.54) is 29.5 Å². The second-order valence-electron chi connectivity index (χ2n) is 5.03. The molecule has 0 atom stereocenters. The Balaban J connectivity index is 1.60. The minimum absolute atomic E-state index is 0.198. The van der Waals surface area contributed by atoms with Crippen LogP contribution in [0.15, 0.2) is 61.4 Å². The van der Waals surface area contributed by atoms with Gasteiger partial charge in [0, 0.05) is 24.8 Å². The van der Waals surface area contributed by atoms with E-state index in [1.807, 2.05) is 6.07 Å². The summed E-state index contributed by atoms with van der Waals surface area (Å²) in [6, 6.07) is 7.01. The fourth-order valence-corrected chi connectivity index (χ4v) is 2.19. The van der Waals surface area contributed by atoms with Gasteiger partial charge in [-0.3, -0.25) is 14.8 Å². The average Bonchev–Trinajstić information content (AvgIpc) is 3.20. The molecule has 0 saturated heterocycles. The number of hydrogen-bond acceptors (Lipinski definition) is 8. The highest BCUT2D eigenvalue weighted by molar-refractivity contribution is 6.02. The summed E-state index contributed by atoms with van der Waals surface area (Å²) in [5.74, 6) is 0.680. The van der Waals surface area contributed by atoms with E-state index in [9.17, 15) is 4.79 Å². The molecule has 10 heteroatoms. The SMILES string of the molecule is O=C(Nc1ccnc(-c2ccccn2)n1)c1cnnn1-c1cnccn1. The number of anilines is 1. The van der Waals surface area contributed by atoms with Crippen molar-refractivity contribution in [1.29, 1.82) is 0 Å². The summed E-state index contributed by atoms with van der Waals surface area (Å²) in [6.45, 7) is 0. The van der Waals surface area contributed by atoms with Gasteiger partial charge in [-0.1, -0.05) is 11.3 Å². The molecule has 0 aromatic carbocycles. The molecule has 0 saturated carbocycles. The summed E-state index contributed by atoms with van der Waals surface area (Å²) in [7, 11) is 0. The molecule has 126 valence electrons. The van der Waals surface area contributed by atoms with Crippen LogP contribution in [0.3, 0.4) is 0 Å². The molecule has 4 heterocycles. The van der Waals surface area contributed by atoms with Crippen molar-refractivity contribution in [2.75, 3.05) is 5.32 Å². The average molecular weight is 345 g/mol. The van der Waals surface area contributed by atoms with E-state index in [0.717, 1.165) is 0 Å². The minimum atomic E-state index is -0.439. The highest BCUT2D eigenvalue weighted by Gasteiger charge is 2.16. The Morgan fingerprint density at radius 3 is 2.73 bits per heavy atom. The van der Waals surface area contributed by atoms with E-state index < -0.39 is 5.91 Å². The number of nitrogens with one attached hydrogen (secondary N) is 1. The molecule has 1 amide bonds. The van der Waals surface area contributed by atoms with Crippen LogP contribution in [0.5, 0.6) is 0 Å². The van der Waals surface area contributed by atoms with Crippen molar-refractivity contribution in [2.45, 2.75) is 0 Å². The highest BCUT2D eigenvalue weighted by atomic mass is 16.2. The summed E-state index contributed by atoms with van der Waals surface area (Å²) < 4.78 is 1.29. The molecule has 0 aliphatic rings. The summed E-state index contributed by atoms with van der Waals surface area (Å²) in [4.78, 5) is 33.3. The lowest BCUT2D eigenvalue weighted by Crippen LogP contribution is -2.18. The van der Waals surface area contributed by atoms with Gasteiger partial charge in [0.05, 0.1) is 12.4 Å². The third-order valence-corrected chi connectivity index (χ3v) is 3.34. The van der Waals surface area contributed by atoms with Crippen LogP contribution in [0.4, 0.5) is 5.82 Å². The van der Waals surface area contributed by atoms with Gasteiger partial charge in [0.2, 0.25) is 0 Å². The molecule has 0 aliphatic heterocycles. The Labute approximate surface area is 147 Å². The second kappa shape index (κ2) is 6.81. The van der Waals surface area contributed by atoms with Crippen molar-refractivity contribution < 1.29 is 4.79 Å². The maximum atomic E-state index is 12.6. The predicted molar refractivity (Wildman–Crippen MR) is 90.2 cm³/mol. The van der Waals surface area contributed by atoms with E-state index in [4.69, 9.17) is 0 Å². The Kier molecular flexibility index (Phi) is 4.04. The second-order valence-corrected chi connectivity index (χ2v) is 5.03. The van der Waals surface area contributed by atoms with Crippen molar-refractivity contribution in [2.24, 2.45) is 0 Å². The number of amides is 1. The maximum Gasteiger partial charge on any atom is 0.277 e. The van der Waals surface area contributed by atoms with Crippen LogP contribution >= 0.6 is 0 Å². The smallest absolute Gasteiger partial charge is 0.277 e. The van der Waals surface area contributed by atoms with E-state index in [2.05, 4.69) is 40.5 Å². The minimum Gasteiger partial charge on any atom is -0.305 e. The highest BCUT2D eigenvalue weighted by Crippen LogP contribution is 2.14. The Bertz CT molecular complexity index is 1030. The van der Waals surface area contributed by atoms with Crippen molar-refractivity contribution in [3.05, 3.63) is 67.1 Å². The number of nitrogens with zero attached hydrogens (tertiary/aromatic N) is 8. The van der Waals surface area contributed by atoms with E-state index in [0.29, 0.717) is 23.2 Å². The van der Waals surface area contributed by atoms with E-state index in [1.54, 1.807) is 30.6 Å². The number of carbonyl (C=O) groups excluding carboxylic acids is 1. The van der Waals surface area contributed by atoms with Gasteiger partial charge in [0.25, 0.3) is 5.91 Å². The van der Waals surface area contributed by atoms with Crippen molar-refractivity contribution in [3.8, 4) is 17.3 Å². The molecule has 1 N–H and O–H groups in total. The van der Waals surface area contributed by atoms with Gasteiger partial charge in [-0.05, 0) is 18.2 Å². The monoisotopic (exact) mass is 345 g/mol. The van der Waals surface area contributed by atoms with Crippen molar-refractivity contribution in [3.63, 3.8) is 0 Å². The molecule has 26 heavy (non-hydrogen) atoms. The fraction of sp³-hybridized carbons (Fsp3) is 0. The van der Waals surface area contributed by atoms with Gasteiger partial charge < -0.3 is 5.32 Å². The molecule has 0 bridgehead atoms. The predicted octanol–water partition coefficient (Wildman–Crippen LogP) is 1.16. The molecular weight excluding hydrogens is 334 g/mol. The number of rotatable bonds is 4. The van der Waals surface area contributed by atoms with Crippen LogP contribution in [-0.4, -0.2) is 45.8 Å². The summed E-state index contributed by atoms with van der Waals surface area (Å²) in [5.41, 5.74) is 0.804. The first-order valence-corrected chi connectivity index (χ1v) is 7.54. The number of aromatic nitrogens is 8. The quantitative estimate of drug-likeness (QED) is 0.584. The first-order valence-electron chi connectivity index (χ1n) is 7.54. The standard InChI is InChI=1S/C16H11N9O/c26-16(12-9-21-24-25(12)14-10-17-7-8-19-14)23-13-4-6-20-15(22-13)11-3-1-2-5-18-11/h1-10H,(H,20,22,23,26). The van der Waals surface area contributed by atoms with Crippen LogP contribution in [0.1, 0.15) is 10.5 Å². The molecule has 10 nitrogen and oxygen atoms in total. The zero-order valence-corrected chi connectivity index (χ0v) is 13.3. The van der Waals surface area contributed by atoms with Gasteiger partial charge >= 0.3 is 0 Å². The Morgan fingerprint density at radius 2 is 1.92 bits per heavy atom. The molecule has 4 rings (SSSR count). The molecule has 0 fully saturated rings. The van der Waals surface area contributed by atoms with Crippen LogP contribution in [-0.2, 0) is 0 Å². The first-order chi connectivity index (χ1) is 12.8. The summed E-state index contributed by atoms with van der Waals surface area (Å²) in [5, 5.41) is 10.3. The lowest BCUT2D eigenvalue weighted by atomic mass is 10.3. The normalized spacial score (nSPS) is 10.5. The lowest BCUT2D eigenvalue weighted by molar-refractivity contribution is 0.101. The topological polar surface area (TPSA) is 124 Å². The van der Waals surface area contributed by atoms with Crippen LogP contribution in [0.2, 0.25) is 0 Å². The zero-order valence-electron chi connectivity index (χ0n) is 13.3. The molecule has 0 unspecified atom stereocenters. The largest absolute Gasteiger partial charge is 0.305 e. The summed E-state index contributed by atoms with van der Waals surface area (Å²) in [6.07, 6.45) is 9.04. The fourth-order valence-electron chi connectivity index (χ4n) is 2.19. The zero-order chi connectivity index (χ0) is 17.8. The molecule has 4 aromatic rings. The first kappa shape index (κ1) is 15.4. The van der Waals surface area contributed by atoms with Gasteiger partial charge in [0.15, 0.2) is 17.3 Å². The molecule has 0 aliphatic carbocycles. The van der Waals surface area contributed by atoms with Gasteiger partial charge in [0.1, 0.15) is 11.5 Å². The lowest BCUT2D eigenvalue weighted by Gasteiger charge is -2.07. The number of pyridine rings is 1. The van der Waals surface area contributed by atoms with Crippen LogP contribution in [0, 0.1) is 0 Å². The molecule has 0 radical (unpaired) electrons. The van der Waals surface area contributed by atoms with Gasteiger partial charge in [-0.25, -0.2) is 15.0 Å². The van der Waals surface area contributed by atoms with Crippen molar-refractivity contribution in [1.82, 2.24) is 39.9 Å². The van der Waals surface area contributed by atoms with Crippen LogP contribution in [0.25, 0.3) is 17.3 Å². The Morgan fingerprint density at radius 1 is 0.962 bits per heavy atom. The van der Waals surface area contributed by atoms with Crippen LogP contribution < -0.4 is 5.32 Å². The third-order valence-electron chi connectivity index (χ3n) is 3.34. The summed E-state index contributed by atoms with van der Waals surface area (Å²) >= 11 is 0. The van der Waals surface area contributed by atoms with E-state index >= 15 is 0 Å². The van der Waals surface area contributed by atoms with Gasteiger partial charge in [-0.15, -0.1) is 5.10 Å². The molecular formula is C16H11N9O. The van der Waals surface area contributed by atoms with Gasteiger partial charge in [-0.2, -0.15) is 4.68 Å². The molecule has 0 spiro atoms. The number of hydrogen-bond donors (Lipinski definition) is 1. The maximum absolute atomic E-state index is 12.6. The van der Waals surface area contributed by atoms with E-state index in [-0.39, 0.29) is 5.69 Å². The Hall–Kier alpha value is -4.08.